The molecule has 0 unspecified atom stereocenters. The number of carbonyl (C=O) groups excluding carboxylic acids is 1. The molecule has 8 heteroatoms. The van der Waals surface area contributed by atoms with Crippen molar-refractivity contribution in [2.75, 3.05) is 11.4 Å². The maximum atomic E-state index is 12.9. The normalized spacial score (nSPS) is 11.6. The van der Waals surface area contributed by atoms with Crippen molar-refractivity contribution in [3.05, 3.63) is 40.2 Å². The molecule has 112 valence electrons. The van der Waals surface area contributed by atoms with Gasteiger partial charge >= 0.3 is 11.8 Å². The molecule has 0 aliphatic heterocycles. The topological polar surface area (TPSA) is 73.6 Å². The second kappa shape index (κ2) is 5.12. The molecule has 21 heavy (non-hydrogen) atoms. The highest BCUT2D eigenvalue weighted by Gasteiger charge is 2.33. The Kier molecular flexibility index (Phi) is 3.63. The Morgan fingerprint density at radius 2 is 2.00 bits per heavy atom. The van der Waals surface area contributed by atoms with Crippen LogP contribution in [0.4, 0.5) is 23.7 Å². The average Bonchev–Trinajstić information content (AvgIpc) is 2.36. The monoisotopic (exact) mass is 300 g/mol. The van der Waals surface area contributed by atoms with Crippen LogP contribution in [0.1, 0.15) is 12.5 Å². The number of fused-ring (bicyclic) bond motifs is 1. The van der Waals surface area contributed by atoms with E-state index in [1.54, 1.807) is 0 Å². The Balaban J connectivity index is 2.70. The highest BCUT2D eigenvalue weighted by atomic mass is 19.4. The van der Waals surface area contributed by atoms with Crippen LogP contribution in [0, 0.1) is 0 Å². The van der Waals surface area contributed by atoms with E-state index in [4.69, 9.17) is 4.42 Å². The minimum Gasteiger partial charge on any atom is -0.530 e. The van der Waals surface area contributed by atoms with Crippen molar-refractivity contribution in [2.45, 2.75) is 13.1 Å². The van der Waals surface area contributed by atoms with Crippen LogP contribution in [-0.4, -0.2) is 12.6 Å². The predicted octanol–water partition coefficient (Wildman–Crippen LogP) is 1.98. The van der Waals surface area contributed by atoms with Gasteiger partial charge in [-0.2, -0.15) is 13.2 Å². The van der Waals surface area contributed by atoms with E-state index >= 15 is 0 Å². The summed E-state index contributed by atoms with van der Waals surface area (Å²) in [4.78, 5) is 22.9. The van der Waals surface area contributed by atoms with Gasteiger partial charge in [-0.25, -0.2) is 4.79 Å². The van der Waals surface area contributed by atoms with Gasteiger partial charge in [0.25, 0.3) is 0 Å². The van der Waals surface area contributed by atoms with Crippen molar-refractivity contribution in [3.63, 3.8) is 0 Å². The predicted molar refractivity (Wildman–Crippen MR) is 65.9 cm³/mol. The molecule has 1 aromatic carbocycles. The lowest BCUT2D eigenvalue weighted by atomic mass is 10.1. The minimum absolute atomic E-state index is 0.0387. The summed E-state index contributed by atoms with van der Waals surface area (Å²) in [5.74, 6) is 0. The number of nitrogens with zero attached hydrogens (tertiary/aromatic N) is 1. The first-order valence-corrected chi connectivity index (χ1v) is 5.87. The summed E-state index contributed by atoms with van der Waals surface area (Å²) in [6.07, 6.45) is -6.22. The molecule has 0 aliphatic carbocycles. The van der Waals surface area contributed by atoms with Gasteiger partial charge in [0.05, 0.1) is 5.56 Å². The number of hydrogen-bond acceptors (Lipinski definition) is 4. The zero-order valence-corrected chi connectivity index (χ0v) is 10.7. The van der Waals surface area contributed by atoms with Crippen LogP contribution in [0.25, 0.3) is 11.0 Å². The molecule has 1 heterocycles. The molecule has 0 saturated heterocycles. The van der Waals surface area contributed by atoms with E-state index in [0.717, 1.165) is 17.0 Å². The Morgan fingerprint density at radius 1 is 1.33 bits per heavy atom. The van der Waals surface area contributed by atoms with Crippen molar-refractivity contribution in [1.29, 1.82) is 0 Å². The Bertz CT molecular complexity index is 751. The molecule has 0 N–H and O–H groups in total. The van der Waals surface area contributed by atoms with Gasteiger partial charge in [-0.1, -0.05) is 0 Å². The number of amides is 1. The zero-order valence-electron chi connectivity index (χ0n) is 10.7. The maximum absolute atomic E-state index is 12.9. The van der Waals surface area contributed by atoms with Gasteiger partial charge < -0.3 is 19.2 Å². The molecule has 0 spiro atoms. The summed E-state index contributed by atoms with van der Waals surface area (Å²) in [7, 11) is 0. The van der Waals surface area contributed by atoms with Gasteiger partial charge in [-0.3, -0.25) is 0 Å². The van der Waals surface area contributed by atoms with E-state index in [0.29, 0.717) is 6.07 Å². The number of carboxylic acid groups (broad SMARTS) is 1. The van der Waals surface area contributed by atoms with Crippen molar-refractivity contribution < 1.29 is 27.5 Å². The van der Waals surface area contributed by atoms with Crippen LogP contribution < -0.4 is 15.6 Å². The first kappa shape index (κ1) is 14.9. The third kappa shape index (κ3) is 2.83. The van der Waals surface area contributed by atoms with Crippen LogP contribution in [0.2, 0.25) is 0 Å². The Hall–Kier alpha value is -2.51. The molecule has 1 amide bonds. The Morgan fingerprint density at radius 3 is 2.52 bits per heavy atom. The lowest BCUT2D eigenvalue weighted by Crippen LogP contribution is -2.41. The maximum Gasteiger partial charge on any atom is 0.417 e. The molecule has 0 aliphatic rings. The standard InChI is InChI=1S/C13H10F3NO4/c1-2-17(12(19)20)7-3-4-8-9(13(14,15)16)6-11(18)21-10(8)5-7/h3-6H,2H2,1H3,(H,19,20)/p-1. The van der Waals surface area contributed by atoms with Gasteiger partial charge in [0, 0.05) is 29.8 Å². The fourth-order valence-corrected chi connectivity index (χ4v) is 1.97. The molecular weight excluding hydrogens is 291 g/mol. The quantitative estimate of drug-likeness (QED) is 0.795. The second-order valence-electron chi connectivity index (χ2n) is 4.17. The summed E-state index contributed by atoms with van der Waals surface area (Å²) in [5, 5.41) is 10.6. The van der Waals surface area contributed by atoms with Gasteiger partial charge in [-0.05, 0) is 19.1 Å². The first-order valence-electron chi connectivity index (χ1n) is 5.87. The van der Waals surface area contributed by atoms with E-state index < -0.39 is 23.5 Å². The first-order chi connectivity index (χ1) is 9.74. The van der Waals surface area contributed by atoms with Crippen LogP contribution in [0.3, 0.4) is 0 Å². The van der Waals surface area contributed by atoms with Gasteiger partial charge in [0.1, 0.15) is 11.7 Å². The summed E-state index contributed by atoms with van der Waals surface area (Å²) < 4.78 is 43.3. The smallest absolute Gasteiger partial charge is 0.417 e. The average molecular weight is 300 g/mol. The van der Waals surface area contributed by atoms with E-state index in [2.05, 4.69) is 0 Å². The molecule has 0 atom stereocenters. The fourth-order valence-electron chi connectivity index (χ4n) is 1.97. The SMILES string of the molecule is CCN(C(=O)[O-])c1ccc2c(C(F)(F)F)cc(=O)oc2c1. The number of halogens is 3. The minimum atomic E-state index is -4.71. The number of alkyl halides is 3. The number of carbonyl (C=O) groups is 1. The zero-order chi connectivity index (χ0) is 15.8. The number of benzene rings is 1. The highest BCUT2D eigenvalue weighted by Crippen LogP contribution is 2.34. The van der Waals surface area contributed by atoms with E-state index in [-0.39, 0.29) is 23.2 Å². The molecule has 1 aromatic heterocycles. The molecular formula is C13H9F3NO4-. The summed E-state index contributed by atoms with van der Waals surface area (Å²) >= 11 is 0. The van der Waals surface area contributed by atoms with Crippen molar-refractivity contribution in [1.82, 2.24) is 0 Å². The van der Waals surface area contributed by atoms with Gasteiger partial charge in [0.2, 0.25) is 0 Å². The third-order valence-electron chi connectivity index (χ3n) is 2.88. The number of anilines is 1. The molecule has 0 radical (unpaired) electrons. The third-order valence-corrected chi connectivity index (χ3v) is 2.88. The number of hydrogen-bond donors (Lipinski definition) is 0. The van der Waals surface area contributed by atoms with E-state index in [9.17, 15) is 27.9 Å². The lowest BCUT2D eigenvalue weighted by Gasteiger charge is -2.23. The van der Waals surface area contributed by atoms with Crippen LogP contribution in [-0.2, 0) is 6.18 Å². The largest absolute Gasteiger partial charge is 0.530 e. The second-order valence-corrected chi connectivity index (χ2v) is 4.17. The van der Waals surface area contributed by atoms with Crippen LogP contribution >= 0.6 is 0 Å². The van der Waals surface area contributed by atoms with Gasteiger partial charge in [0.15, 0.2) is 0 Å². The molecule has 2 aromatic rings. The number of rotatable bonds is 2. The molecule has 0 fully saturated rings. The summed E-state index contributed by atoms with van der Waals surface area (Å²) in [6, 6.07) is 3.67. The van der Waals surface area contributed by atoms with Crippen LogP contribution in [0.5, 0.6) is 0 Å². The molecule has 2 rings (SSSR count). The summed E-state index contributed by atoms with van der Waals surface area (Å²) in [6.45, 7) is 1.57. The van der Waals surface area contributed by atoms with Crippen molar-refractivity contribution in [3.8, 4) is 0 Å². The fraction of sp³-hybridized carbons (Fsp3) is 0.231. The van der Waals surface area contributed by atoms with Crippen molar-refractivity contribution in [2.24, 2.45) is 0 Å². The highest BCUT2D eigenvalue weighted by molar-refractivity contribution is 5.90. The van der Waals surface area contributed by atoms with Crippen LogP contribution in [0.15, 0.2) is 33.5 Å². The van der Waals surface area contributed by atoms with E-state index in [1.807, 2.05) is 0 Å². The molecule has 5 nitrogen and oxygen atoms in total. The summed E-state index contributed by atoms with van der Waals surface area (Å²) in [5.41, 5.74) is -2.57. The van der Waals surface area contributed by atoms with E-state index in [1.165, 1.54) is 13.0 Å². The lowest BCUT2D eigenvalue weighted by molar-refractivity contribution is -0.246. The molecule has 0 bridgehead atoms. The molecule has 0 saturated carbocycles. The Labute approximate surface area is 116 Å². The van der Waals surface area contributed by atoms with Gasteiger partial charge in [-0.15, -0.1) is 0 Å². The van der Waals surface area contributed by atoms with Crippen molar-refractivity contribution >= 4 is 22.7 Å².